The fraction of sp³-hybridized carbons (Fsp3) is 0.348. The van der Waals surface area contributed by atoms with Gasteiger partial charge in [0, 0.05) is 29.5 Å². The van der Waals surface area contributed by atoms with Gasteiger partial charge < -0.3 is 19.9 Å². The molecule has 0 radical (unpaired) electrons. The molecule has 2 aromatic carbocycles. The van der Waals surface area contributed by atoms with E-state index >= 15 is 0 Å². The zero-order chi connectivity index (χ0) is 21.8. The summed E-state index contributed by atoms with van der Waals surface area (Å²) < 4.78 is 5.16. The molecule has 0 saturated carbocycles. The van der Waals surface area contributed by atoms with Crippen LogP contribution in [0.25, 0.3) is 0 Å². The summed E-state index contributed by atoms with van der Waals surface area (Å²) in [5, 5.41) is 3.47. The first kappa shape index (κ1) is 21.3. The minimum Gasteiger partial charge on any atom is -0.370 e. The van der Waals surface area contributed by atoms with Crippen LogP contribution in [0.5, 0.6) is 0 Å². The van der Waals surface area contributed by atoms with Gasteiger partial charge in [0.15, 0.2) is 0 Å². The molecule has 2 aromatic rings. The van der Waals surface area contributed by atoms with Gasteiger partial charge in [-0.15, -0.1) is 0 Å². The maximum Gasteiger partial charge on any atom is 0.253 e. The Labute approximate surface area is 185 Å². The Bertz CT molecular complexity index is 962. The molecule has 0 unspecified atom stereocenters. The Kier molecular flexibility index (Phi) is 6.53. The molecule has 0 aromatic heterocycles. The standard InChI is InChI=1S/C23H24ClN3O4/c24-17-5-7-18(8-6-17)25-23(30)20-2-1-11-27(20)21(28)14-16-3-9-19(10-4-16)26-12-13-31-15-22(26)29/h3-10,20H,1-2,11-15H2,(H,25,30)/t20-/m1/s1. The van der Waals surface area contributed by atoms with Crippen LogP contribution >= 0.6 is 11.6 Å². The van der Waals surface area contributed by atoms with Crippen LogP contribution in [-0.4, -0.2) is 55.0 Å². The lowest BCUT2D eigenvalue weighted by Gasteiger charge is -2.27. The number of amides is 3. The largest absolute Gasteiger partial charge is 0.370 e. The fourth-order valence-corrected chi connectivity index (χ4v) is 4.08. The Balaban J connectivity index is 1.37. The lowest BCUT2D eigenvalue weighted by atomic mass is 10.1. The molecule has 2 aliphatic rings. The highest BCUT2D eigenvalue weighted by atomic mass is 35.5. The van der Waals surface area contributed by atoms with Gasteiger partial charge in [0.2, 0.25) is 11.8 Å². The van der Waals surface area contributed by atoms with Crippen LogP contribution in [0, 0.1) is 0 Å². The molecule has 8 heteroatoms. The maximum atomic E-state index is 12.9. The predicted octanol–water partition coefficient (Wildman–Crippen LogP) is 2.88. The number of hydrogen-bond donors (Lipinski definition) is 1. The minimum atomic E-state index is -0.478. The molecule has 1 N–H and O–H groups in total. The van der Waals surface area contributed by atoms with E-state index in [0.717, 1.165) is 17.7 Å². The van der Waals surface area contributed by atoms with Gasteiger partial charge in [0.25, 0.3) is 5.91 Å². The second kappa shape index (κ2) is 9.49. The highest BCUT2D eigenvalue weighted by molar-refractivity contribution is 6.30. The lowest BCUT2D eigenvalue weighted by molar-refractivity contribution is -0.136. The second-order valence-electron chi connectivity index (χ2n) is 7.68. The molecule has 3 amide bonds. The van der Waals surface area contributed by atoms with Crippen molar-refractivity contribution in [2.45, 2.75) is 25.3 Å². The highest BCUT2D eigenvalue weighted by Gasteiger charge is 2.34. The number of likely N-dealkylation sites (tertiary alicyclic amines) is 1. The molecule has 4 rings (SSSR count). The molecule has 7 nitrogen and oxygen atoms in total. The zero-order valence-corrected chi connectivity index (χ0v) is 17.8. The van der Waals surface area contributed by atoms with Crippen molar-refractivity contribution in [3.05, 3.63) is 59.1 Å². The SMILES string of the molecule is O=C(Nc1ccc(Cl)cc1)[C@H]1CCCN1C(=O)Cc1ccc(N2CCOCC2=O)cc1. The van der Waals surface area contributed by atoms with Crippen molar-refractivity contribution >= 4 is 40.7 Å². The van der Waals surface area contributed by atoms with Crippen molar-refractivity contribution in [2.24, 2.45) is 0 Å². The van der Waals surface area contributed by atoms with Gasteiger partial charge in [-0.25, -0.2) is 0 Å². The minimum absolute atomic E-state index is 0.0679. The Morgan fingerprint density at radius 2 is 1.81 bits per heavy atom. The first-order chi connectivity index (χ1) is 15.0. The zero-order valence-electron chi connectivity index (χ0n) is 17.1. The van der Waals surface area contributed by atoms with E-state index in [9.17, 15) is 14.4 Å². The average Bonchev–Trinajstić information content (AvgIpc) is 3.27. The Morgan fingerprint density at radius 3 is 2.52 bits per heavy atom. The van der Waals surface area contributed by atoms with Crippen LogP contribution in [0.4, 0.5) is 11.4 Å². The molecule has 0 aliphatic carbocycles. The van der Waals surface area contributed by atoms with E-state index in [4.69, 9.17) is 16.3 Å². The van der Waals surface area contributed by atoms with E-state index in [2.05, 4.69) is 5.32 Å². The van der Waals surface area contributed by atoms with Crippen molar-refractivity contribution in [3.63, 3.8) is 0 Å². The van der Waals surface area contributed by atoms with Crippen LogP contribution in [0.15, 0.2) is 48.5 Å². The van der Waals surface area contributed by atoms with E-state index < -0.39 is 6.04 Å². The molecule has 31 heavy (non-hydrogen) atoms. The first-order valence-corrected chi connectivity index (χ1v) is 10.7. The van der Waals surface area contributed by atoms with Crippen molar-refractivity contribution in [2.75, 3.05) is 36.5 Å². The summed E-state index contributed by atoms with van der Waals surface area (Å²) in [5.74, 6) is -0.333. The summed E-state index contributed by atoms with van der Waals surface area (Å²) in [4.78, 5) is 41.0. The van der Waals surface area contributed by atoms with Crippen LogP contribution in [0.3, 0.4) is 0 Å². The molecule has 2 saturated heterocycles. The van der Waals surface area contributed by atoms with E-state index in [1.165, 1.54) is 0 Å². The number of morpholine rings is 1. The van der Waals surface area contributed by atoms with E-state index in [1.54, 1.807) is 34.1 Å². The van der Waals surface area contributed by atoms with Crippen molar-refractivity contribution < 1.29 is 19.1 Å². The number of carbonyl (C=O) groups is 3. The third-order valence-corrected chi connectivity index (χ3v) is 5.83. The number of nitrogens with zero attached hydrogens (tertiary/aromatic N) is 2. The van der Waals surface area contributed by atoms with Crippen molar-refractivity contribution in [3.8, 4) is 0 Å². The Morgan fingerprint density at radius 1 is 1.06 bits per heavy atom. The van der Waals surface area contributed by atoms with Crippen LogP contribution in [0.2, 0.25) is 5.02 Å². The second-order valence-corrected chi connectivity index (χ2v) is 8.12. The third-order valence-electron chi connectivity index (χ3n) is 5.58. The highest BCUT2D eigenvalue weighted by Crippen LogP contribution is 2.23. The molecule has 1 atom stereocenters. The molecule has 162 valence electrons. The quantitative estimate of drug-likeness (QED) is 0.773. The number of carbonyl (C=O) groups excluding carboxylic acids is 3. The van der Waals surface area contributed by atoms with Gasteiger partial charge in [-0.2, -0.15) is 0 Å². The van der Waals surface area contributed by atoms with Crippen LogP contribution < -0.4 is 10.2 Å². The van der Waals surface area contributed by atoms with E-state index in [1.807, 2.05) is 24.3 Å². The van der Waals surface area contributed by atoms with Gasteiger partial charge in [0.1, 0.15) is 12.6 Å². The normalized spacial score (nSPS) is 18.9. The summed E-state index contributed by atoms with van der Waals surface area (Å²) >= 11 is 5.89. The number of benzene rings is 2. The number of hydrogen-bond acceptors (Lipinski definition) is 4. The van der Waals surface area contributed by atoms with Gasteiger partial charge >= 0.3 is 0 Å². The molecule has 0 spiro atoms. The number of rotatable bonds is 5. The molecule has 0 bridgehead atoms. The number of halogens is 1. The first-order valence-electron chi connectivity index (χ1n) is 10.3. The van der Waals surface area contributed by atoms with Gasteiger partial charge in [-0.05, 0) is 54.8 Å². The Hall–Kier alpha value is -2.90. The third kappa shape index (κ3) is 5.06. The van der Waals surface area contributed by atoms with E-state index in [-0.39, 0.29) is 30.7 Å². The predicted molar refractivity (Wildman–Crippen MR) is 118 cm³/mol. The summed E-state index contributed by atoms with van der Waals surface area (Å²) in [6, 6.07) is 13.8. The summed E-state index contributed by atoms with van der Waals surface area (Å²) in [5.41, 5.74) is 2.30. The van der Waals surface area contributed by atoms with Gasteiger partial charge in [-0.3, -0.25) is 14.4 Å². The molecule has 2 heterocycles. The molecular formula is C23H24ClN3O4. The van der Waals surface area contributed by atoms with Gasteiger partial charge in [-0.1, -0.05) is 23.7 Å². The lowest BCUT2D eigenvalue weighted by Crippen LogP contribution is -2.43. The molecular weight excluding hydrogens is 418 g/mol. The molecule has 2 fully saturated rings. The molecule has 2 aliphatic heterocycles. The topological polar surface area (TPSA) is 79.0 Å². The summed E-state index contributed by atoms with van der Waals surface area (Å²) in [6.45, 7) is 1.70. The maximum absolute atomic E-state index is 12.9. The van der Waals surface area contributed by atoms with E-state index in [0.29, 0.717) is 36.8 Å². The summed E-state index contributed by atoms with van der Waals surface area (Å²) in [6.07, 6.45) is 1.65. The van der Waals surface area contributed by atoms with Crippen molar-refractivity contribution in [1.29, 1.82) is 0 Å². The number of anilines is 2. The summed E-state index contributed by atoms with van der Waals surface area (Å²) in [7, 11) is 0. The van der Waals surface area contributed by atoms with Crippen LogP contribution in [-0.2, 0) is 25.5 Å². The van der Waals surface area contributed by atoms with Gasteiger partial charge in [0.05, 0.1) is 13.0 Å². The van der Waals surface area contributed by atoms with Crippen molar-refractivity contribution in [1.82, 2.24) is 4.90 Å². The number of nitrogens with one attached hydrogen (secondary N) is 1. The van der Waals surface area contributed by atoms with Crippen LogP contribution in [0.1, 0.15) is 18.4 Å². The fourth-order valence-electron chi connectivity index (χ4n) is 3.96. The average molecular weight is 442 g/mol. The smallest absolute Gasteiger partial charge is 0.253 e. The number of ether oxygens (including phenoxy) is 1. The monoisotopic (exact) mass is 441 g/mol.